The highest BCUT2D eigenvalue weighted by Gasteiger charge is 2.13. The molecule has 0 aliphatic carbocycles. The number of hydrogen-bond acceptors (Lipinski definition) is 2. The first-order valence-corrected chi connectivity index (χ1v) is 5.82. The topological polar surface area (TPSA) is 78.4 Å². The first-order chi connectivity index (χ1) is 9.95. The predicted octanol–water partition coefficient (Wildman–Crippen LogP) is 3.31. The highest BCUT2D eigenvalue weighted by atomic mass is 19.1. The molecule has 108 valence electrons. The fraction of sp³-hybridized carbons (Fsp3) is 0. The van der Waals surface area contributed by atoms with Gasteiger partial charge in [-0.15, -0.1) is 0 Å². The molecule has 0 saturated heterocycles. The molecule has 0 aliphatic rings. The van der Waals surface area contributed by atoms with E-state index in [1.807, 2.05) is 0 Å². The van der Waals surface area contributed by atoms with Crippen LogP contribution in [0.15, 0.2) is 42.5 Å². The van der Waals surface area contributed by atoms with Crippen LogP contribution < -0.4 is 10.6 Å². The van der Waals surface area contributed by atoms with Crippen LogP contribution in [0.2, 0.25) is 0 Å². The van der Waals surface area contributed by atoms with Crippen LogP contribution in [0, 0.1) is 11.6 Å². The maximum atomic E-state index is 13.4. The van der Waals surface area contributed by atoms with Crippen molar-refractivity contribution in [3.63, 3.8) is 0 Å². The van der Waals surface area contributed by atoms with Gasteiger partial charge in [0, 0.05) is 11.4 Å². The Kier molecular flexibility index (Phi) is 4.13. The maximum absolute atomic E-state index is 13.4. The molecular weight excluding hydrogens is 282 g/mol. The fourth-order valence-corrected chi connectivity index (χ4v) is 1.63. The van der Waals surface area contributed by atoms with E-state index in [1.54, 1.807) is 0 Å². The van der Waals surface area contributed by atoms with Crippen molar-refractivity contribution >= 4 is 23.4 Å². The Balaban J connectivity index is 2.12. The summed E-state index contributed by atoms with van der Waals surface area (Å²) in [5.74, 6) is -2.36. The second kappa shape index (κ2) is 6.00. The molecule has 2 amide bonds. The Hall–Kier alpha value is -2.96. The zero-order valence-corrected chi connectivity index (χ0v) is 10.6. The lowest BCUT2D eigenvalue weighted by molar-refractivity contribution is 0.102. The summed E-state index contributed by atoms with van der Waals surface area (Å²) < 4.78 is 26.4. The number of carbonyl (C=O) groups is 2. The zero-order chi connectivity index (χ0) is 15.4. The first-order valence-electron chi connectivity index (χ1n) is 5.82. The molecule has 3 N–H and O–H groups in total. The molecule has 0 bridgehead atoms. The summed E-state index contributed by atoms with van der Waals surface area (Å²) in [5, 5.41) is 13.0. The van der Waals surface area contributed by atoms with E-state index < -0.39 is 29.2 Å². The predicted molar refractivity (Wildman–Crippen MR) is 72.4 cm³/mol. The summed E-state index contributed by atoms with van der Waals surface area (Å²) in [7, 11) is 0. The minimum absolute atomic E-state index is 0.317. The van der Waals surface area contributed by atoms with Gasteiger partial charge in [-0.05, 0) is 42.5 Å². The standard InChI is InChI=1S/C14H10F2N2O3/c15-8-1-6-12(16)11(7-8)13(19)17-9-2-4-10(5-3-9)18-14(20)21/h1-7,18H,(H,17,19)(H,20,21). The summed E-state index contributed by atoms with van der Waals surface area (Å²) in [5.41, 5.74) is 0.222. The molecule has 21 heavy (non-hydrogen) atoms. The van der Waals surface area contributed by atoms with Crippen LogP contribution >= 0.6 is 0 Å². The summed E-state index contributed by atoms with van der Waals surface area (Å²) in [6.45, 7) is 0. The van der Waals surface area contributed by atoms with Crippen molar-refractivity contribution in [2.45, 2.75) is 0 Å². The van der Waals surface area contributed by atoms with Crippen LogP contribution in [0.4, 0.5) is 25.0 Å². The van der Waals surface area contributed by atoms with Crippen LogP contribution in [0.25, 0.3) is 0 Å². The normalized spacial score (nSPS) is 10.0. The molecule has 7 heteroatoms. The van der Waals surface area contributed by atoms with E-state index in [4.69, 9.17) is 5.11 Å². The second-order valence-corrected chi connectivity index (χ2v) is 4.09. The van der Waals surface area contributed by atoms with Crippen LogP contribution in [-0.4, -0.2) is 17.1 Å². The molecular formula is C14H10F2N2O3. The van der Waals surface area contributed by atoms with Gasteiger partial charge in [-0.1, -0.05) is 0 Å². The molecule has 0 aromatic heterocycles. The highest BCUT2D eigenvalue weighted by Crippen LogP contribution is 2.16. The van der Waals surface area contributed by atoms with E-state index in [9.17, 15) is 18.4 Å². The number of rotatable bonds is 3. The van der Waals surface area contributed by atoms with E-state index in [-0.39, 0.29) is 0 Å². The number of nitrogens with one attached hydrogen (secondary N) is 2. The molecule has 2 rings (SSSR count). The molecule has 0 fully saturated rings. The summed E-state index contributed by atoms with van der Waals surface area (Å²) in [6.07, 6.45) is -1.21. The second-order valence-electron chi connectivity index (χ2n) is 4.09. The quantitative estimate of drug-likeness (QED) is 0.812. The van der Waals surface area contributed by atoms with Crippen molar-refractivity contribution in [3.05, 3.63) is 59.7 Å². The monoisotopic (exact) mass is 292 g/mol. The Morgan fingerprint density at radius 2 is 1.48 bits per heavy atom. The van der Waals surface area contributed by atoms with Gasteiger partial charge in [-0.3, -0.25) is 10.1 Å². The van der Waals surface area contributed by atoms with E-state index in [0.29, 0.717) is 11.4 Å². The minimum atomic E-state index is -1.21. The van der Waals surface area contributed by atoms with Crippen LogP contribution in [-0.2, 0) is 0 Å². The Bertz CT molecular complexity index is 687. The molecule has 0 unspecified atom stereocenters. The van der Waals surface area contributed by atoms with E-state index in [0.717, 1.165) is 18.2 Å². The third-order valence-electron chi connectivity index (χ3n) is 2.57. The molecule has 0 atom stereocenters. The summed E-state index contributed by atoms with van der Waals surface area (Å²) >= 11 is 0. The van der Waals surface area contributed by atoms with Gasteiger partial charge in [-0.2, -0.15) is 0 Å². The van der Waals surface area contributed by atoms with Crippen molar-refractivity contribution in [1.29, 1.82) is 0 Å². The molecule has 0 saturated carbocycles. The lowest BCUT2D eigenvalue weighted by Gasteiger charge is -2.07. The average molecular weight is 292 g/mol. The minimum Gasteiger partial charge on any atom is -0.465 e. The van der Waals surface area contributed by atoms with Gasteiger partial charge in [0.2, 0.25) is 0 Å². The summed E-state index contributed by atoms with van der Waals surface area (Å²) in [6, 6.07) is 8.28. The lowest BCUT2D eigenvalue weighted by atomic mass is 10.2. The van der Waals surface area contributed by atoms with Crippen molar-refractivity contribution in [2.24, 2.45) is 0 Å². The number of benzene rings is 2. The van der Waals surface area contributed by atoms with Gasteiger partial charge < -0.3 is 10.4 Å². The van der Waals surface area contributed by atoms with E-state index in [2.05, 4.69) is 10.6 Å². The Morgan fingerprint density at radius 3 is 2.05 bits per heavy atom. The van der Waals surface area contributed by atoms with Gasteiger partial charge in [-0.25, -0.2) is 13.6 Å². The Labute approximate surface area is 118 Å². The van der Waals surface area contributed by atoms with Crippen molar-refractivity contribution in [1.82, 2.24) is 0 Å². The SMILES string of the molecule is O=C(O)Nc1ccc(NC(=O)c2cc(F)ccc2F)cc1. The third-order valence-corrected chi connectivity index (χ3v) is 2.57. The van der Waals surface area contributed by atoms with Gasteiger partial charge in [0.25, 0.3) is 5.91 Å². The van der Waals surface area contributed by atoms with Crippen LogP contribution in [0.1, 0.15) is 10.4 Å². The molecule has 2 aromatic rings. The number of amides is 2. The molecule has 0 heterocycles. The fourth-order valence-electron chi connectivity index (χ4n) is 1.63. The number of carbonyl (C=O) groups excluding carboxylic acids is 1. The molecule has 2 aromatic carbocycles. The first kappa shape index (κ1) is 14.4. The maximum Gasteiger partial charge on any atom is 0.409 e. The van der Waals surface area contributed by atoms with Gasteiger partial charge in [0.05, 0.1) is 5.56 Å². The van der Waals surface area contributed by atoms with Crippen molar-refractivity contribution < 1.29 is 23.5 Å². The average Bonchev–Trinajstić information content (AvgIpc) is 2.43. The van der Waals surface area contributed by atoms with E-state index in [1.165, 1.54) is 24.3 Å². The lowest BCUT2D eigenvalue weighted by Crippen LogP contribution is -2.14. The third kappa shape index (κ3) is 3.75. The number of halogens is 2. The molecule has 0 radical (unpaired) electrons. The van der Waals surface area contributed by atoms with Crippen LogP contribution in [0.3, 0.4) is 0 Å². The van der Waals surface area contributed by atoms with Gasteiger partial charge in [0.1, 0.15) is 11.6 Å². The van der Waals surface area contributed by atoms with Gasteiger partial charge in [0.15, 0.2) is 0 Å². The van der Waals surface area contributed by atoms with Gasteiger partial charge >= 0.3 is 6.09 Å². The highest BCUT2D eigenvalue weighted by molar-refractivity contribution is 6.04. The van der Waals surface area contributed by atoms with Crippen molar-refractivity contribution in [3.8, 4) is 0 Å². The largest absolute Gasteiger partial charge is 0.465 e. The van der Waals surface area contributed by atoms with Crippen molar-refractivity contribution in [2.75, 3.05) is 10.6 Å². The number of anilines is 2. The summed E-state index contributed by atoms with van der Waals surface area (Å²) in [4.78, 5) is 22.3. The molecule has 5 nitrogen and oxygen atoms in total. The smallest absolute Gasteiger partial charge is 0.409 e. The zero-order valence-electron chi connectivity index (χ0n) is 10.6. The molecule has 0 aliphatic heterocycles. The number of hydrogen-bond donors (Lipinski definition) is 3. The Morgan fingerprint density at radius 1 is 0.905 bits per heavy atom. The van der Waals surface area contributed by atoms with Crippen LogP contribution in [0.5, 0.6) is 0 Å². The van der Waals surface area contributed by atoms with E-state index >= 15 is 0 Å². The molecule has 0 spiro atoms. The number of carboxylic acid groups (broad SMARTS) is 1.